The monoisotopic (exact) mass is 340 g/mol. The molecule has 0 unspecified atom stereocenters. The molecule has 5 heteroatoms. The number of hydrogen-bond donors (Lipinski definition) is 0. The first kappa shape index (κ1) is 14.3. The van der Waals surface area contributed by atoms with Gasteiger partial charge in [0.1, 0.15) is 5.82 Å². The van der Waals surface area contributed by atoms with Crippen molar-refractivity contribution in [1.82, 2.24) is 9.55 Å². The van der Waals surface area contributed by atoms with Gasteiger partial charge in [-0.05, 0) is 24.6 Å². The molecule has 1 heterocycles. The first-order valence-electron chi connectivity index (χ1n) is 6.09. The fraction of sp³-hybridized carbons (Fsp3) is 0.286. The highest BCUT2D eigenvalue weighted by Gasteiger charge is 2.12. The molecule has 2 rings (SSSR count). The van der Waals surface area contributed by atoms with E-state index in [0.717, 1.165) is 23.3 Å². The number of ketones is 1. The highest BCUT2D eigenvalue weighted by atomic mass is 79.9. The van der Waals surface area contributed by atoms with Crippen molar-refractivity contribution in [2.24, 2.45) is 0 Å². The van der Waals surface area contributed by atoms with Crippen LogP contribution in [0, 0.1) is 0 Å². The molecule has 0 atom stereocenters. The fourth-order valence-electron chi connectivity index (χ4n) is 1.91. The van der Waals surface area contributed by atoms with Crippen LogP contribution in [0.3, 0.4) is 0 Å². The predicted molar refractivity (Wildman–Crippen MR) is 79.7 cm³/mol. The summed E-state index contributed by atoms with van der Waals surface area (Å²) in [6, 6.07) is 5.22. The van der Waals surface area contributed by atoms with E-state index in [1.165, 1.54) is 0 Å². The zero-order valence-electron chi connectivity index (χ0n) is 10.6. The van der Waals surface area contributed by atoms with Gasteiger partial charge in [-0.3, -0.25) is 4.79 Å². The van der Waals surface area contributed by atoms with E-state index < -0.39 is 0 Å². The summed E-state index contributed by atoms with van der Waals surface area (Å²) in [5.74, 6) is 0.815. The number of carbonyl (C=O) groups excluding carboxylic acids is 1. The van der Waals surface area contributed by atoms with Gasteiger partial charge in [-0.2, -0.15) is 0 Å². The van der Waals surface area contributed by atoms with E-state index in [9.17, 15) is 4.79 Å². The summed E-state index contributed by atoms with van der Waals surface area (Å²) >= 11 is 9.30. The number of nitrogens with zero attached hydrogens (tertiary/aromatic N) is 2. The van der Waals surface area contributed by atoms with Crippen molar-refractivity contribution in [2.45, 2.75) is 26.3 Å². The van der Waals surface area contributed by atoms with Gasteiger partial charge in [-0.25, -0.2) is 4.98 Å². The predicted octanol–water partition coefficient (Wildman–Crippen LogP) is 4.13. The van der Waals surface area contributed by atoms with Crippen LogP contribution >= 0.6 is 27.5 Å². The highest BCUT2D eigenvalue weighted by molar-refractivity contribution is 9.10. The Morgan fingerprint density at radius 1 is 1.42 bits per heavy atom. The van der Waals surface area contributed by atoms with Crippen molar-refractivity contribution in [3.8, 4) is 0 Å². The highest BCUT2D eigenvalue weighted by Crippen LogP contribution is 2.20. The van der Waals surface area contributed by atoms with Gasteiger partial charge in [0.15, 0.2) is 5.78 Å². The Balaban J connectivity index is 2.18. The lowest BCUT2D eigenvalue weighted by Crippen LogP contribution is -2.10. The van der Waals surface area contributed by atoms with Gasteiger partial charge in [0, 0.05) is 34.0 Å². The van der Waals surface area contributed by atoms with Gasteiger partial charge in [0.25, 0.3) is 0 Å². The molecule has 0 radical (unpaired) electrons. The smallest absolute Gasteiger partial charge is 0.170 e. The van der Waals surface area contributed by atoms with Crippen molar-refractivity contribution in [1.29, 1.82) is 0 Å². The summed E-state index contributed by atoms with van der Waals surface area (Å²) < 4.78 is 2.82. The maximum absolute atomic E-state index is 12.2. The molecule has 0 aliphatic rings. The van der Waals surface area contributed by atoms with Crippen LogP contribution in [0.1, 0.15) is 29.5 Å². The molecule has 0 saturated heterocycles. The number of aryl methyl sites for hydroxylation is 1. The van der Waals surface area contributed by atoms with E-state index in [0.29, 0.717) is 17.0 Å². The molecule has 0 aliphatic heterocycles. The molecule has 0 amide bonds. The van der Waals surface area contributed by atoms with Gasteiger partial charge in [0.05, 0.1) is 6.42 Å². The minimum Gasteiger partial charge on any atom is -0.335 e. The molecular weight excluding hydrogens is 328 g/mol. The minimum absolute atomic E-state index is 0.0201. The SMILES string of the molecule is CCCn1ccnc1CC(=O)c1cc(Cl)cc(Br)c1. The molecule has 0 fully saturated rings. The van der Waals surface area contributed by atoms with E-state index >= 15 is 0 Å². The van der Waals surface area contributed by atoms with Crippen molar-refractivity contribution in [2.75, 3.05) is 0 Å². The number of rotatable bonds is 5. The second kappa shape index (κ2) is 6.35. The van der Waals surface area contributed by atoms with E-state index in [-0.39, 0.29) is 5.78 Å². The van der Waals surface area contributed by atoms with E-state index in [2.05, 4.69) is 27.8 Å². The average Bonchev–Trinajstić information content (AvgIpc) is 2.76. The van der Waals surface area contributed by atoms with Crippen LogP contribution in [0.25, 0.3) is 0 Å². The van der Waals surface area contributed by atoms with Crippen LogP contribution in [0.4, 0.5) is 0 Å². The summed E-state index contributed by atoms with van der Waals surface area (Å²) in [5.41, 5.74) is 0.602. The van der Waals surface area contributed by atoms with Crippen molar-refractivity contribution >= 4 is 33.3 Å². The third-order valence-corrected chi connectivity index (χ3v) is 3.45. The lowest BCUT2D eigenvalue weighted by Gasteiger charge is -2.06. The summed E-state index contributed by atoms with van der Waals surface area (Å²) in [7, 11) is 0. The first-order valence-corrected chi connectivity index (χ1v) is 7.26. The molecule has 19 heavy (non-hydrogen) atoms. The number of hydrogen-bond acceptors (Lipinski definition) is 2. The third-order valence-electron chi connectivity index (χ3n) is 2.77. The van der Waals surface area contributed by atoms with Crippen LogP contribution in [-0.2, 0) is 13.0 Å². The van der Waals surface area contributed by atoms with Crippen LogP contribution < -0.4 is 0 Å². The summed E-state index contributed by atoms with van der Waals surface area (Å²) in [6.07, 6.45) is 4.94. The van der Waals surface area contributed by atoms with Crippen LogP contribution in [0.15, 0.2) is 35.1 Å². The second-order valence-electron chi connectivity index (χ2n) is 4.29. The minimum atomic E-state index is 0.0201. The number of aromatic nitrogens is 2. The standard InChI is InChI=1S/C14H14BrClN2O/c1-2-4-18-5-3-17-14(18)9-13(19)10-6-11(15)8-12(16)7-10/h3,5-8H,2,4,9H2,1H3. The molecule has 0 N–H and O–H groups in total. The summed E-state index contributed by atoms with van der Waals surface area (Å²) in [5, 5.41) is 0.551. The molecule has 0 saturated carbocycles. The summed E-state index contributed by atoms with van der Waals surface area (Å²) in [4.78, 5) is 16.5. The van der Waals surface area contributed by atoms with Gasteiger partial charge >= 0.3 is 0 Å². The second-order valence-corrected chi connectivity index (χ2v) is 5.65. The van der Waals surface area contributed by atoms with Gasteiger partial charge in [0.2, 0.25) is 0 Å². The summed E-state index contributed by atoms with van der Waals surface area (Å²) in [6.45, 7) is 2.97. The number of carbonyl (C=O) groups is 1. The van der Waals surface area contributed by atoms with Crippen LogP contribution in [0.2, 0.25) is 5.02 Å². The Hall–Kier alpha value is -1.13. The molecule has 3 nitrogen and oxygen atoms in total. The Kier molecular flexibility index (Phi) is 4.77. The Morgan fingerprint density at radius 3 is 2.89 bits per heavy atom. The molecule has 0 spiro atoms. The van der Waals surface area contributed by atoms with Crippen LogP contribution in [0.5, 0.6) is 0 Å². The topological polar surface area (TPSA) is 34.9 Å². The average molecular weight is 342 g/mol. The van der Waals surface area contributed by atoms with Gasteiger partial charge < -0.3 is 4.57 Å². The number of benzene rings is 1. The molecule has 0 aliphatic carbocycles. The zero-order chi connectivity index (χ0) is 13.8. The molecule has 0 bridgehead atoms. The Bertz CT molecular complexity index is 575. The normalized spacial score (nSPS) is 10.7. The Labute approximate surface area is 125 Å². The lowest BCUT2D eigenvalue weighted by molar-refractivity contribution is 0.0989. The quantitative estimate of drug-likeness (QED) is 0.766. The molecule has 100 valence electrons. The Morgan fingerprint density at radius 2 is 2.21 bits per heavy atom. The fourth-order valence-corrected chi connectivity index (χ4v) is 2.77. The van der Waals surface area contributed by atoms with Crippen molar-refractivity contribution in [3.05, 3.63) is 51.5 Å². The number of halogens is 2. The van der Waals surface area contributed by atoms with Gasteiger partial charge in [-0.1, -0.05) is 34.5 Å². The van der Waals surface area contributed by atoms with Crippen molar-refractivity contribution in [3.63, 3.8) is 0 Å². The first-order chi connectivity index (χ1) is 9.10. The van der Waals surface area contributed by atoms with Crippen LogP contribution in [-0.4, -0.2) is 15.3 Å². The molecular formula is C14H14BrClN2O. The zero-order valence-corrected chi connectivity index (χ0v) is 12.9. The van der Waals surface area contributed by atoms with Crippen molar-refractivity contribution < 1.29 is 4.79 Å². The molecule has 2 aromatic rings. The lowest BCUT2D eigenvalue weighted by atomic mass is 10.1. The van der Waals surface area contributed by atoms with Gasteiger partial charge in [-0.15, -0.1) is 0 Å². The van der Waals surface area contributed by atoms with E-state index in [1.807, 2.05) is 10.8 Å². The maximum atomic E-state index is 12.2. The molecule has 1 aromatic carbocycles. The van der Waals surface area contributed by atoms with E-state index in [1.54, 1.807) is 24.4 Å². The number of Topliss-reactive ketones (excluding diaryl/α,β-unsaturated/α-hetero) is 1. The van der Waals surface area contributed by atoms with E-state index in [4.69, 9.17) is 11.6 Å². The number of imidazole rings is 1. The molecule has 1 aromatic heterocycles. The third kappa shape index (κ3) is 3.67. The largest absolute Gasteiger partial charge is 0.335 e. The maximum Gasteiger partial charge on any atom is 0.170 e.